The van der Waals surface area contributed by atoms with Crippen LogP contribution in [0.5, 0.6) is 0 Å². The molecule has 0 radical (unpaired) electrons. The molecule has 0 unspecified atom stereocenters. The van der Waals surface area contributed by atoms with Crippen LogP contribution >= 0.6 is 0 Å². The smallest absolute Gasteiger partial charge is 0.125 e. The van der Waals surface area contributed by atoms with Crippen molar-refractivity contribution >= 4 is 0 Å². The monoisotopic (exact) mass is 191 g/mol. The van der Waals surface area contributed by atoms with Crippen LogP contribution in [0.4, 0.5) is 0 Å². The van der Waals surface area contributed by atoms with Crippen LogP contribution in [0.2, 0.25) is 0 Å². The first-order valence-electron chi connectivity index (χ1n) is 5.24. The van der Waals surface area contributed by atoms with Crippen molar-refractivity contribution < 1.29 is 0 Å². The predicted molar refractivity (Wildman–Crippen MR) is 56.2 cm³/mol. The van der Waals surface area contributed by atoms with Crippen molar-refractivity contribution in [1.82, 2.24) is 14.9 Å². The van der Waals surface area contributed by atoms with Gasteiger partial charge >= 0.3 is 0 Å². The Labute approximate surface area is 85.2 Å². The zero-order chi connectivity index (χ0) is 9.97. The molecule has 0 atom stereocenters. The highest BCUT2D eigenvalue weighted by atomic mass is 15.1. The molecule has 0 bridgehead atoms. The molecule has 0 aliphatic carbocycles. The molecular weight excluding hydrogens is 174 g/mol. The Kier molecular flexibility index (Phi) is 2.77. The van der Waals surface area contributed by atoms with Crippen molar-refractivity contribution in [1.29, 1.82) is 0 Å². The summed E-state index contributed by atoms with van der Waals surface area (Å²) in [5, 5.41) is 0. The van der Waals surface area contributed by atoms with Crippen molar-refractivity contribution in [2.45, 2.75) is 25.7 Å². The van der Waals surface area contributed by atoms with E-state index in [0.717, 1.165) is 5.82 Å². The van der Waals surface area contributed by atoms with E-state index in [0.29, 0.717) is 5.92 Å². The average molecular weight is 191 g/mol. The number of hydrogen-bond acceptors (Lipinski definition) is 3. The molecule has 76 valence electrons. The highest BCUT2D eigenvalue weighted by Gasteiger charge is 2.19. The Morgan fingerprint density at radius 3 is 2.71 bits per heavy atom. The van der Waals surface area contributed by atoms with Crippen molar-refractivity contribution in [3.05, 3.63) is 23.8 Å². The van der Waals surface area contributed by atoms with Gasteiger partial charge < -0.3 is 4.90 Å². The van der Waals surface area contributed by atoms with Gasteiger partial charge in [0.15, 0.2) is 0 Å². The number of nitrogens with zero attached hydrogens (tertiary/aromatic N) is 3. The normalized spacial score (nSPS) is 19.9. The van der Waals surface area contributed by atoms with E-state index in [-0.39, 0.29) is 0 Å². The Morgan fingerprint density at radius 1 is 1.36 bits per heavy atom. The minimum Gasteiger partial charge on any atom is -0.306 e. The van der Waals surface area contributed by atoms with Crippen LogP contribution in [0.1, 0.15) is 30.3 Å². The Morgan fingerprint density at radius 2 is 2.07 bits per heavy atom. The zero-order valence-electron chi connectivity index (χ0n) is 8.90. The third-order valence-electron chi connectivity index (χ3n) is 2.93. The molecular formula is C11H17N3. The van der Waals surface area contributed by atoms with Crippen LogP contribution in [0.3, 0.4) is 0 Å². The Hall–Kier alpha value is -0.960. The topological polar surface area (TPSA) is 29.0 Å². The van der Waals surface area contributed by atoms with E-state index in [4.69, 9.17) is 0 Å². The predicted octanol–water partition coefficient (Wildman–Crippen LogP) is 1.59. The maximum absolute atomic E-state index is 4.49. The van der Waals surface area contributed by atoms with Gasteiger partial charge in [-0.2, -0.15) is 0 Å². The highest BCUT2D eigenvalue weighted by Crippen LogP contribution is 2.25. The summed E-state index contributed by atoms with van der Waals surface area (Å²) in [5.74, 6) is 1.54. The van der Waals surface area contributed by atoms with E-state index in [9.17, 15) is 0 Å². The summed E-state index contributed by atoms with van der Waals surface area (Å²) >= 11 is 0. The maximum atomic E-state index is 4.49. The molecule has 14 heavy (non-hydrogen) atoms. The molecule has 1 aromatic heterocycles. The van der Waals surface area contributed by atoms with Gasteiger partial charge in [0, 0.05) is 17.8 Å². The molecule has 1 aliphatic heterocycles. The van der Waals surface area contributed by atoms with Crippen LogP contribution in [0.15, 0.2) is 12.3 Å². The van der Waals surface area contributed by atoms with E-state index in [1.165, 1.54) is 31.6 Å². The molecule has 2 rings (SSSR count). The van der Waals surface area contributed by atoms with Crippen LogP contribution in [0, 0.1) is 6.92 Å². The van der Waals surface area contributed by atoms with Gasteiger partial charge in [-0.25, -0.2) is 9.97 Å². The lowest BCUT2D eigenvalue weighted by Crippen LogP contribution is -2.29. The fraction of sp³-hybridized carbons (Fsp3) is 0.636. The summed E-state index contributed by atoms with van der Waals surface area (Å²) in [6.45, 7) is 4.33. The second-order valence-electron chi connectivity index (χ2n) is 4.11. The first-order valence-corrected chi connectivity index (χ1v) is 5.24. The third kappa shape index (κ3) is 2.10. The number of aromatic nitrogens is 2. The maximum Gasteiger partial charge on any atom is 0.125 e. The van der Waals surface area contributed by atoms with Crippen molar-refractivity contribution in [3.63, 3.8) is 0 Å². The Balaban J connectivity index is 2.08. The molecule has 1 saturated heterocycles. The third-order valence-corrected chi connectivity index (χ3v) is 2.93. The van der Waals surface area contributed by atoms with E-state index in [2.05, 4.69) is 28.0 Å². The number of rotatable bonds is 1. The summed E-state index contributed by atoms with van der Waals surface area (Å²) in [4.78, 5) is 11.0. The lowest BCUT2D eigenvalue weighted by molar-refractivity contribution is 0.253. The Bertz CT molecular complexity index is 303. The van der Waals surface area contributed by atoms with Gasteiger partial charge in [0.2, 0.25) is 0 Å². The van der Waals surface area contributed by atoms with Crippen LogP contribution in [0.25, 0.3) is 0 Å². The van der Waals surface area contributed by atoms with Crippen molar-refractivity contribution in [2.24, 2.45) is 0 Å². The lowest BCUT2D eigenvalue weighted by Gasteiger charge is -2.28. The van der Waals surface area contributed by atoms with Gasteiger partial charge in [0.1, 0.15) is 5.82 Å². The minimum atomic E-state index is 0.646. The fourth-order valence-electron chi connectivity index (χ4n) is 2.01. The van der Waals surface area contributed by atoms with E-state index in [1.54, 1.807) is 0 Å². The fourth-order valence-corrected chi connectivity index (χ4v) is 2.01. The molecule has 3 nitrogen and oxygen atoms in total. The standard InChI is InChI=1S/C11H17N3/c1-9-12-6-3-11(13-9)10-4-7-14(2)8-5-10/h3,6,10H,4-5,7-8H2,1-2H3. The quantitative estimate of drug-likeness (QED) is 0.675. The lowest BCUT2D eigenvalue weighted by atomic mass is 9.94. The molecule has 0 aromatic carbocycles. The summed E-state index contributed by atoms with van der Waals surface area (Å²) in [6.07, 6.45) is 4.33. The number of aryl methyl sites for hydroxylation is 1. The zero-order valence-corrected chi connectivity index (χ0v) is 8.90. The van der Waals surface area contributed by atoms with Gasteiger partial charge in [0.25, 0.3) is 0 Å². The first-order chi connectivity index (χ1) is 6.75. The number of hydrogen-bond donors (Lipinski definition) is 0. The van der Waals surface area contributed by atoms with Crippen LogP contribution < -0.4 is 0 Å². The summed E-state index contributed by atoms with van der Waals surface area (Å²) in [5.41, 5.74) is 1.23. The van der Waals surface area contributed by atoms with Gasteiger partial charge in [0.05, 0.1) is 0 Å². The van der Waals surface area contributed by atoms with E-state index in [1.807, 2.05) is 13.1 Å². The van der Waals surface area contributed by atoms with Gasteiger partial charge in [-0.3, -0.25) is 0 Å². The molecule has 0 spiro atoms. The second-order valence-corrected chi connectivity index (χ2v) is 4.11. The van der Waals surface area contributed by atoms with E-state index < -0.39 is 0 Å². The van der Waals surface area contributed by atoms with Crippen molar-refractivity contribution in [2.75, 3.05) is 20.1 Å². The van der Waals surface area contributed by atoms with Crippen molar-refractivity contribution in [3.8, 4) is 0 Å². The van der Waals surface area contributed by atoms with Gasteiger partial charge in [-0.05, 0) is 46.0 Å². The van der Waals surface area contributed by atoms with Gasteiger partial charge in [-0.1, -0.05) is 0 Å². The molecule has 0 saturated carbocycles. The molecule has 3 heteroatoms. The first kappa shape index (κ1) is 9.59. The molecule has 0 amide bonds. The summed E-state index contributed by atoms with van der Waals surface area (Å²) < 4.78 is 0. The number of piperidine rings is 1. The minimum absolute atomic E-state index is 0.646. The molecule has 1 aromatic rings. The van der Waals surface area contributed by atoms with E-state index >= 15 is 0 Å². The second kappa shape index (κ2) is 4.05. The van der Waals surface area contributed by atoms with Crippen LogP contribution in [-0.2, 0) is 0 Å². The summed E-state index contributed by atoms with van der Waals surface area (Å²) in [7, 11) is 2.18. The van der Waals surface area contributed by atoms with Gasteiger partial charge in [-0.15, -0.1) is 0 Å². The SMILES string of the molecule is Cc1nccc(C2CCN(C)CC2)n1. The average Bonchev–Trinajstić information content (AvgIpc) is 2.19. The summed E-state index contributed by atoms with van der Waals surface area (Å²) in [6, 6.07) is 2.06. The van der Waals surface area contributed by atoms with Crippen LogP contribution in [-0.4, -0.2) is 35.0 Å². The molecule has 2 heterocycles. The molecule has 0 N–H and O–H groups in total. The number of likely N-dealkylation sites (tertiary alicyclic amines) is 1. The largest absolute Gasteiger partial charge is 0.306 e. The molecule has 1 aliphatic rings. The highest BCUT2D eigenvalue weighted by molar-refractivity contribution is 5.09. The molecule has 1 fully saturated rings.